The molecule has 0 aliphatic heterocycles. The fourth-order valence-electron chi connectivity index (χ4n) is 4.51. The van der Waals surface area contributed by atoms with Gasteiger partial charge in [0.05, 0.1) is 18.7 Å². The first-order valence-electron chi connectivity index (χ1n) is 13.8. The minimum atomic E-state index is -0.635. The van der Waals surface area contributed by atoms with Gasteiger partial charge in [0.2, 0.25) is 5.95 Å². The van der Waals surface area contributed by atoms with Crippen molar-refractivity contribution in [2.45, 2.75) is 39.5 Å². The fourth-order valence-corrected chi connectivity index (χ4v) is 4.51. The minimum Gasteiger partial charge on any atom is -0.383 e. The monoisotopic (exact) mass is 586 g/mol. The topological polar surface area (TPSA) is 149 Å². The molecule has 5 aromatic rings. The Kier molecular flexibility index (Phi) is 9.01. The molecule has 222 valence electrons. The van der Waals surface area contributed by atoms with Crippen LogP contribution >= 0.6 is 0 Å². The quantitative estimate of drug-likeness (QED) is 0.189. The summed E-state index contributed by atoms with van der Waals surface area (Å²) in [5.74, 6) is 0.126. The van der Waals surface area contributed by atoms with Crippen molar-refractivity contribution in [3.8, 4) is 11.4 Å². The van der Waals surface area contributed by atoms with E-state index < -0.39 is 17.2 Å². The third kappa shape index (κ3) is 6.67. The van der Waals surface area contributed by atoms with Crippen molar-refractivity contribution in [2.75, 3.05) is 19.0 Å². The molecule has 0 spiro atoms. The molecular weight excluding hydrogens is 555 g/mol. The van der Waals surface area contributed by atoms with E-state index in [0.29, 0.717) is 54.5 Å². The lowest BCUT2D eigenvalue weighted by atomic mass is 10.1. The van der Waals surface area contributed by atoms with E-state index in [0.717, 1.165) is 17.2 Å². The average Bonchev–Trinajstić information content (AvgIpc) is 3.48. The Morgan fingerprint density at radius 3 is 2.37 bits per heavy atom. The molecule has 12 nitrogen and oxygen atoms in total. The van der Waals surface area contributed by atoms with Gasteiger partial charge in [0.25, 0.3) is 11.5 Å². The van der Waals surface area contributed by atoms with E-state index in [1.165, 1.54) is 28.5 Å². The smallest absolute Gasteiger partial charge is 0.332 e. The highest BCUT2D eigenvalue weighted by Crippen LogP contribution is 2.19. The number of aryl methyl sites for hydroxylation is 1. The zero-order valence-electron chi connectivity index (χ0n) is 23.8. The fraction of sp³-hybridized carbons (Fsp3) is 0.267. The highest BCUT2D eigenvalue weighted by molar-refractivity contribution is 5.93. The van der Waals surface area contributed by atoms with Crippen molar-refractivity contribution in [1.82, 2.24) is 34.4 Å². The van der Waals surface area contributed by atoms with E-state index in [1.54, 1.807) is 6.20 Å². The Morgan fingerprint density at radius 2 is 1.72 bits per heavy atom. The van der Waals surface area contributed by atoms with Crippen molar-refractivity contribution < 1.29 is 13.9 Å². The van der Waals surface area contributed by atoms with Gasteiger partial charge in [-0.25, -0.2) is 19.7 Å². The maximum absolute atomic E-state index is 13.1. The molecular formula is C30H31FN8O4. The van der Waals surface area contributed by atoms with Gasteiger partial charge in [0.1, 0.15) is 17.2 Å². The second kappa shape index (κ2) is 13.2. The Hall–Kier alpha value is -5.17. The normalized spacial score (nSPS) is 11.1. The number of H-pyrrole nitrogens is 1. The van der Waals surface area contributed by atoms with Gasteiger partial charge in [0.15, 0.2) is 5.65 Å². The number of nitrogens with one attached hydrogen (secondary N) is 3. The van der Waals surface area contributed by atoms with E-state index >= 15 is 0 Å². The predicted octanol–water partition coefficient (Wildman–Crippen LogP) is 3.08. The Morgan fingerprint density at radius 1 is 0.953 bits per heavy atom. The zero-order valence-corrected chi connectivity index (χ0v) is 23.8. The van der Waals surface area contributed by atoms with Gasteiger partial charge in [-0.15, -0.1) is 0 Å². The number of pyridine rings is 2. The lowest BCUT2D eigenvalue weighted by Crippen LogP contribution is -2.41. The van der Waals surface area contributed by atoms with E-state index in [-0.39, 0.29) is 24.6 Å². The molecule has 0 saturated carbocycles. The number of benzene rings is 1. The molecule has 4 aromatic heterocycles. The van der Waals surface area contributed by atoms with Gasteiger partial charge in [-0.1, -0.05) is 31.2 Å². The molecule has 5 rings (SSSR count). The molecule has 1 aromatic carbocycles. The van der Waals surface area contributed by atoms with Crippen LogP contribution in [-0.2, 0) is 30.9 Å². The SMILES string of the molecule is CCCn1c(=O)n(CCOC)c(=O)c2[nH]c(-c3ccc(NCc4ccc(CNC(=O)c5ccc(F)nc5)cc4)nc3)nc21. The second-order valence-corrected chi connectivity index (χ2v) is 9.82. The molecule has 0 aliphatic carbocycles. The van der Waals surface area contributed by atoms with E-state index in [9.17, 15) is 18.8 Å². The largest absolute Gasteiger partial charge is 0.383 e. The molecule has 0 fully saturated rings. The summed E-state index contributed by atoms with van der Waals surface area (Å²) in [4.78, 5) is 53.9. The molecule has 0 atom stereocenters. The summed E-state index contributed by atoms with van der Waals surface area (Å²) < 4.78 is 20.7. The van der Waals surface area contributed by atoms with Crippen LogP contribution < -0.4 is 21.9 Å². The Labute approximate surface area is 245 Å². The third-order valence-electron chi connectivity index (χ3n) is 6.80. The number of nitrogens with zero attached hydrogens (tertiary/aromatic N) is 5. The number of ether oxygens (including phenoxy) is 1. The van der Waals surface area contributed by atoms with Crippen molar-refractivity contribution in [3.63, 3.8) is 0 Å². The van der Waals surface area contributed by atoms with Gasteiger partial charge in [-0.2, -0.15) is 4.39 Å². The van der Waals surface area contributed by atoms with Crippen LogP contribution in [0.2, 0.25) is 0 Å². The highest BCUT2D eigenvalue weighted by atomic mass is 19.1. The van der Waals surface area contributed by atoms with Crippen LogP contribution in [0.15, 0.2) is 70.5 Å². The number of aromatic amines is 1. The second-order valence-electron chi connectivity index (χ2n) is 9.82. The van der Waals surface area contributed by atoms with E-state index in [2.05, 4.69) is 30.6 Å². The molecule has 0 aliphatic rings. The summed E-state index contributed by atoms with van der Waals surface area (Å²) in [6.07, 6.45) is 3.55. The predicted molar refractivity (Wildman–Crippen MR) is 159 cm³/mol. The number of rotatable bonds is 12. The van der Waals surface area contributed by atoms with Crippen LogP contribution in [0.4, 0.5) is 10.2 Å². The van der Waals surface area contributed by atoms with Crippen LogP contribution in [0.25, 0.3) is 22.6 Å². The van der Waals surface area contributed by atoms with Crippen LogP contribution in [0.5, 0.6) is 0 Å². The summed E-state index contributed by atoms with van der Waals surface area (Å²) in [6, 6.07) is 13.9. The first-order valence-corrected chi connectivity index (χ1v) is 13.8. The Bertz CT molecular complexity index is 1830. The summed E-state index contributed by atoms with van der Waals surface area (Å²) >= 11 is 0. The number of imidazole rings is 1. The van der Waals surface area contributed by atoms with Gasteiger partial charge in [0, 0.05) is 44.7 Å². The molecule has 0 radical (unpaired) electrons. The lowest BCUT2D eigenvalue weighted by molar-refractivity contribution is 0.0950. The molecule has 3 N–H and O–H groups in total. The molecule has 43 heavy (non-hydrogen) atoms. The van der Waals surface area contributed by atoms with Gasteiger partial charge in [-0.05, 0) is 41.8 Å². The maximum atomic E-state index is 13.1. The van der Waals surface area contributed by atoms with Crippen LogP contribution in [0, 0.1) is 5.95 Å². The number of carbonyl (C=O) groups excluding carboxylic acids is 1. The number of methoxy groups -OCH3 is 1. The van der Waals surface area contributed by atoms with Crippen LogP contribution in [0.3, 0.4) is 0 Å². The summed E-state index contributed by atoms with van der Waals surface area (Å²) in [5, 5.41) is 6.06. The van der Waals surface area contributed by atoms with Crippen LogP contribution in [-0.4, -0.2) is 48.7 Å². The molecule has 13 heteroatoms. The van der Waals surface area contributed by atoms with Gasteiger partial charge in [-0.3, -0.25) is 18.7 Å². The molecule has 0 saturated heterocycles. The van der Waals surface area contributed by atoms with Crippen molar-refractivity contribution in [1.29, 1.82) is 0 Å². The molecule has 1 amide bonds. The van der Waals surface area contributed by atoms with Crippen molar-refractivity contribution >= 4 is 22.9 Å². The molecule has 0 unspecified atom stereocenters. The van der Waals surface area contributed by atoms with Gasteiger partial charge >= 0.3 is 5.69 Å². The number of anilines is 1. The molecule has 0 bridgehead atoms. The molecule has 4 heterocycles. The maximum Gasteiger partial charge on any atom is 0.332 e. The summed E-state index contributed by atoms with van der Waals surface area (Å²) in [6.45, 7) is 3.62. The van der Waals surface area contributed by atoms with Crippen molar-refractivity contribution in [2.24, 2.45) is 0 Å². The summed E-state index contributed by atoms with van der Waals surface area (Å²) in [7, 11) is 1.52. The number of carbonyl (C=O) groups is 1. The third-order valence-corrected chi connectivity index (χ3v) is 6.80. The number of amides is 1. The number of hydrogen-bond donors (Lipinski definition) is 3. The Balaban J connectivity index is 1.23. The number of fused-ring (bicyclic) bond motifs is 1. The van der Waals surface area contributed by atoms with Crippen molar-refractivity contribution in [3.05, 3.63) is 104 Å². The standard InChI is InChI=1S/C30H31FN8O4/c1-3-12-38-27-25(29(41)39(30(38)42)13-14-43-2)36-26(37-27)21-9-11-24(34-17-21)33-15-19-4-6-20(7-5-19)16-35-28(40)22-8-10-23(31)32-18-22/h4-11,17-18H,3,12-16H2,1-2H3,(H,33,34)(H,35,40)(H,36,37). The summed E-state index contributed by atoms with van der Waals surface area (Å²) in [5.41, 5.74) is 2.62. The van der Waals surface area contributed by atoms with E-state index in [1.807, 2.05) is 43.3 Å². The van der Waals surface area contributed by atoms with E-state index in [4.69, 9.17) is 4.74 Å². The number of halogens is 1. The first kappa shape index (κ1) is 29.3. The van der Waals surface area contributed by atoms with Gasteiger partial charge < -0.3 is 20.4 Å². The minimum absolute atomic E-state index is 0.152. The lowest BCUT2D eigenvalue weighted by Gasteiger charge is -2.09. The zero-order chi connectivity index (χ0) is 30.3. The first-order chi connectivity index (χ1) is 20.9. The number of hydrogen-bond acceptors (Lipinski definition) is 8. The average molecular weight is 587 g/mol. The highest BCUT2D eigenvalue weighted by Gasteiger charge is 2.18. The number of aromatic nitrogens is 6. The van der Waals surface area contributed by atoms with Crippen LogP contribution in [0.1, 0.15) is 34.8 Å².